The van der Waals surface area contributed by atoms with Gasteiger partial charge >= 0.3 is 0 Å². The third kappa shape index (κ3) is 3.27. The molecule has 0 aromatic heterocycles. The zero-order chi connectivity index (χ0) is 20.2. The minimum atomic E-state index is -3.70. The highest BCUT2D eigenvalue weighted by atomic mass is 32.2. The molecular weight excluding hydrogens is 398 g/mol. The van der Waals surface area contributed by atoms with E-state index in [2.05, 4.69) is 4.72 Å². The monoisotopic (exact) mass is 431 g/mol. The number of nitrogens with one attached hydrogen (secondary N) is 1. The minimum Gasteiger partial charge on any atom is -0.385 e. The summed E-state index contributed by atoms with van der Waals surface area (Å²) in [5.41, 5.74) is -2.27. The van der Waals surface area contributed by atoms with E-state index in [1.54, 1.807) is 11.8 Å². The minimum absolute atomic E-state index is 0.0168. The van der Waals surface area contributed by atoms with Gasteiger partial charge in [-0.3, -0.25) is 4.79 Å². The van der Waals surface area contributed by atoms with Crippen molar-refractivity contribution in [2.24, 2.45) is 16.7 Å². The lowest BCUT2D eigenvalue weighted by Gasteiger charge is -2.39. The summed E-state index contributed by atoms with van der Waals surface area (Å²) in [5.74, 6) is 1.20. The first-order valence-electron chi connectivity index (χ1n) is 10.6. The molecule has 5 atom stereocenters. The summed E-state index contributed by atoms with van der Waals surface area (Å²) < 4.78 is 34.6. The second kappa shape index (κ2) is 7.22. The first-order valence-corrected chi connectivity index (χ1v) is 13.3. The maximum absolute atomic E-state index is 13.1. The molecule has 2 heterocycles. The van der Waals surface area contributed by atoms with Crippen LogP contribution in [-0.4, -0.2) is 60.9 Å². The molecule has 2 N–H and O–H groups in total. The molecule has 4 rings (SSSR count). The Morgan fingerprint density at radius 3 is 2.61 bits per heavy atom. The Bertz CT molecular complexity index is 709. The molecule has 4 aliphatic rings. The topological polar surface area (TPSA) is 92.7 Å². The van der Waals surface area contributed by atoms with Gasteiger partial charge in [0.1, 0.15) is 11.4 Å². The van der Waals surface area contributed by atoms with Crippen molar-refractivity contribution in [1.29, 1.82) is 0 Å². The fraction of sp³-hybridized carbons (Fsp3) is 0.950. The Hall–Kier alpha value is -0.150. The lowest BCUT2D eigenvalue weighted by Crippen LogP contribution is -2.58. The Morgan fingerprint density at radius 1 is 1.29 bits per heavy atom. The molecule has 2 aliphatic heterocycles. The van der Waals surface area contributed by atoms with E-state index in [4.69, 9.17) is 4.74 Å². The summed E-state index contributed by atoms with van der Waals surface area (Å²) in [6.07, 6.45) is 5.30. The van der Waals surface area contributed by atoms with Gasteiger partial charge in [-0.2, -0.15) is 11.8 Å². The van der Waals surface area contributed by atoms with Gasteiger partial charge < -0.3 is 9.84 Å². The van der Waals surface area contributed by atoms with Gasteiger partial charge in [0.05, 0.1) is 11.9 Å². The summed E-state index contributed by atoms with van der Waals surface area (Å²) in [4.78, 5) is 12.7. The number of thioether (sulfide) groups is 1. The molecule has 2 bridgehead atoms. The molecule has 160 valence electrons. The maximum Gasteiger partial charge on any atom is 0.212 e. The van der Waals surface area contributed by atoms with Crippen molar-refractivity contribution in [3.8, 4) is 0 Å². The lowest BCUT2D eigenvalue weighted by atomic mass is 9.70. The van der Waals surface area contributed by atoms with Crippen LogP contribution in [0.3, 0.4) is 0 Å². The fourth-order valence-corrected chi connectivity index (χ4v) is 9.44. The summed E-state index contributed by atoms with van der Waals surface area (Å²) >= 11 is 1.71. The Balaban J connectivity index is 1.50. The smallest absolute Gasteiger partial charge is 0.212 e. The predicted octanol–water partition coefficient (Wildman–Crippen LogP) is 2.11. The molecule has 2 aliphatic carbocycles. The standard InChI is InChI=1S/C20H33NO5S2/c1-18(2)14-7-8-19(18,15(22)11-14)13-28(24,25)21-12-20(23,16-5-3-9-26-16)17-6-4-10-27-17/h14,16-17,21,23H,3-13H2,1-2H3. The highest BCUT2D eigenvalue weighted by Crippen LogP contribution is 2.64. The molecule has 2 saturated carbocycles. The number of carbonyl (C=O) groups is 1. The fourth-order valence-electron chi connectivity index (χ4n) is 6.09. The van der Waals surface area contributed by atoms with Gasteiger partial charge in [-0.25, -0.2) is 13.1 Å². The average Bonchev–Trinajstić information content (AvgIpc) is 3.39. The van der Waals surface area contributed by atoms with Gasteiger partial charge in [0.25, 0.3) is 0 Å². The number of aliphatic hydroxyl groups is 1. The van der Waals surface area contributed by atoms with E-state index < -0.39 is 21.0 Å². The summed E-state index contributed by atoms with van der Waals surface area (Å²) in [7, 11) is -3.70. The third-order valence-corrected chi connectivity index (χ3v) is 11.2. The average molecular weight is 432 g/mol. The number of Topliss-reactive ketones (excluding diaryl/α,β-unsaturated/α-hetero) is 1. The highest BCUT2D eigenvalue weighted by molar-refractivity contribution is 8.00. The molecule has 5 unspecified atom stereocenters. The van der Waals surface area contributed by atoms with Gasteiger partial charge in [0.15, 0.2) is 0 Å². The molecule has 2 saturated heterocycles. The zero-order valence-electron chi connectivity index (χ0n) is 16.9. The van der Waals surface area contributed by atoms with Gasteiger partial charge in [-0.05, 0) is 55.6 Å². The number of carbonyl (C=O) groups excluding carboxylic acids is 1. The quantitative estimate of drug-likeness (QED) is 0.641. The molecule has 0 aromatic rings. The molecule has 6 nitrogen and oxygen atoms in total. The largest absolute Gasteiger partial charge is 0.385 e. The van der Waals surface area contributed by atoms with Gasteiger partial charge in [0, 0.05) is 30.2 Å². The van der Waals surface area contributed by atoms with Crippen LogP contribution in [0.4, 0.5) is 0 Å². The molecule has 0 aromatic carbocycles. The summed E-state index contributed by atoms with van der Waals surface area (Å²) in [6, 6.07) is 0. The number of hydrogen-bond acceptors (Lipinski definition) is 6. The number of fused-ring (bicyclic) bond motifs is 2. The predicted molar refractivity (Wildman–Crippen MR) is 110 cm³/mol. The molecular formula is C20H33NO5S2. The number of hydrogen-bond donors (Lipinski definition) is 2. The molecule has 0 spiro atoms. The van der Waals surface area contributed by atoms with E-state index in [-0.39, 0.29) is 40.8 Å². The van der Waals surface area contributed by atoms with Crippen LogP contribution < -0.4 is 4.72 Å². The van der Waals surface area contributed by atoms with E-state index in [9.17, 15) is 18.3 Å². The third-order valence-electron chi connectivity index (χ3n) is 8.13. The van der Waals surface area contributed by atoms with Crippen LogP contribution >= 0.6 is 11.8 Å². The number of rotatable bonds is 7. The Kier molecular flexibility index (Phi) is 5.44. The number of sulfonamides is 1. The van der Waals surface area contributed by atoms with Gasteiger partial charge in [-0.1, -0.05) is 13.8 Å². The normalized spacial score (nSPS) is 39.5. The van der Waals surface area contributed by atoms with Crippen molar-refractivity contribution >= 4 is 27.6 Å². The van der Waals surface area contributed by atoms with E-state index in [1.165, 1.54) is 0 Å². The van der Waals surface area contributed by atoms with Crippen LogP contribution in [0.5, 0.6) is 0 Å². The molecule has 4 fully saturated rings. The second-order valence-electron chi connectivity index (χ2n) is 9.74. The van der Waals surface area contributed by atoms with Crippen molar-refractivity contribution in [3.05, 3.63) is 0 Å². The maximum atomic E-state index is 13.1. The first-order chi connectivity index (χ1) is 13.1. The van der Waals surface area contributed by atoms with Crippen molar-refractivity contribution < 1.29 is 23.1 Å². The Labute approximate surface area is 172 Å². The van der Waals surface area contributed by atoms with Crippen molar-refractivity contribution in [2.75, 3.05) is 24.7 Å². The first kappa shape index (κ1) is 21.1. The van der Waals surface area contributed by atoms with Crippen molar-refractivity contribution in [2.45, 2.75) is 75.7 Å². The van der Waals surface area contributed by atoms with E-state index in [0.29, 0.717) is 19.4 Å². The van der Waals surface area contributed by atoms with Crippen LogP contribution in [-0.2, 0) is 19.6 Å². The second-order valence-corrected chi connectivity index (χ2v) is 12.9. The molecule has 0 radical (unpaired) electrons. The van der Waals surface area contributed by atoms with Crippen LogP contribution in [0.15, 0.2) is 0 Å². The van der Waals surface area contributed by atoms with Gasteiger partial charge in [0.2, 0.25) is 10.0 Å². The van der Waals surface area contributed by atoms with Crippen LogP contribution in [0, 0.1) is 16.7 Å². The SMILES string of the molecule is CC1(C)C2CCC1(CS(=O)(=O)NCC(O)(C1CCCO1)C1CCCS1)C(=O)C2. The summed E-state index contributed by atoms with van der Waals surface area (Å²) in [6.45, 7) is 4.67. The highest BCUT2D eigenvalue weighted by Gasteiger charge is 2.65. The number of ketones is 1. The summed E-state index contributed by atoms with van der Waals surface area (Å²) in [5, 5.41) is 11.5. The van der Waals surface area contributed by atoms with E-state index >= 15 is 0 Å². The van der Waals surface area contributed by atoms with E-state index in [1.807, 2.05) is 13.8 Å². The van der Waals surface area contributed by atoms with E-state index in [0.717, 1.165) is 37.9 Å². The molecule has 28 heavy (non-hydrogen) atoms. The lowest BCUT2D eigenvalue weighted by molar-refractivity contribution is -0.128. The van der Waals surface area contributed by atoms with Crippen molar-refractivity contribution in [1.82, 2.24) is 4.72 Å². The van der Waals surface area contributed by atoms with Crippen LogP contribution in [0.1, 0.15) is 58.8 Å². The van der Waals surface area contributed by atoms with Crippen LogP contribution in [0.2, 0.25) is 0 Å². The van der Waals surface area contributed by atoms with Gasteiger partial charge in [-0.15, -0.1) is 0 Å². The number of ether oxygens (including phenoxy) is 1. The molecule has 0 amide bonds. The zero-order valence-corrected chi connectivity index (χ0v) is 18.5. The van der Waals surface area contributed by atoms with Crippen LogP contribution in [0.25, 0.3) is 0 Å². The Morgan fingerprint density at radius 2 is 2.07 bits per heavy atom. The van der Waals surface area contributed by atoms with Crippen molar-refractivity contribution in [3.63, 3.8) is 0 Å². The molecule has 8 heteroatoms.